The second-order valence-electron chi connectivity index (χ2n) is 6.43. The Bertz CT molecular complexity index is 1130. The largest absolute Gasteiger partial charge is 0.383 e. The molecule has 144 valence electrons. The molecule has 3 aromatic heterocycles. The van der Waals surface area contributed by atoms with Crippen molar-refractivity contribution in [3.05, 3.63) is 65.2 Å². The smallest absolute Gasteiger partial charge is 0.267 e. The normalized spacial score (nSPS) is 11.4. The summed E-state index contributed by atoms with van der Waals surface area (Å²) < 4.78 is 9.07. The van der Waals surface area contributed by atoms with E-state index in [-0.39, 0.29) is 5.91 Å². The fourth-order valence-corrected chi connectivity index (χ4v) is 3.47. The number of carbonyl (C=O) groups excluding carboxylic acids is 1. The molecule has 4 aromatic rings. The van der Waals surface area contributed by atoms with Gasteiger partial charge in [0.2, 0.25) is 0 Å². The Kier molecular flexibility index (Phi) is 5.27. The van der Waals surface area contributed by atoms with Gasteiger partial charge in [-0.1, -0.05) is 17.7 Å². The molecule has 3 heterocycles. The van der Waals surface area contributed by atoms with Gasteiger partial charge in [0.25, 0.3) is 5.91 Å². The summed E-state index contributed by atoms with van der Waals surface area (Å²) in [6, 6.07) is 13.2. The first-order chi connectivity index (χ1) is 13.7. The molecule has 0 fully saturated rings. The van der Waals surface area contributed by atoms with Gasteiger partial charge >= 0.3 is 0 Å². The number of ether oxygens (including phenoxy) is 1. The summed E-state index contributed by atoms with van der Waals surface area (Å²) in [5.41, 5.74) is 2.33. The van der Waals surface area contributed by atoms with Crippen LogP contribution in [0.5, 0.6) is 0 Å². The maximum Gasteiger partial charge on any atom is 0.267 e. The van der Waals surface area contributed by atoms with E-state index < -0.39 is 0 Å². The lowest BCUT2D eigenvalue weighted by Crippen LogP contribution is -2.28. The van der Waals surface area contributed by atoms with Gasteiger partial charge < -0.3 is 14.6 Å². The average molecular weight is 398 g/mol. The average Bonchev–Trinajstić information content (AvgIpc) is 3.27. The molecule has 0 radical (unpaired) electrons. The van der Waals surface area contributed by atoms with Crippen molar-refractivity contribution in [3.8, 4) is 0 Å². The van der Waals surface area contributed by atoms with Gasteiger partial charge in [-0.25, -0.2) is 0 Å². The van der Waals surface area contributed by atoms with E-state index >= 15 is 0 Å². The summed E-state index contributed by atoms with van der Waals surface area (Å²) >= 11 is 6.10. The molecule has 0 aliphatic rings. The Morgan fingerprint density at radius 2 is 2.11 bits per heavy atom. The highest BCUT2D eigenvalue weighted by Gasteiger charge is 2.16. The lowest BCUT2D eigenvalue weighted by molar-refractivity contribution is 0.0942. The predicted octanol–water partition coefficient (Wildman–Crippen LogP) is 2.96. The number of nitrogens with one attached hydrogen (secondary N) is 1. The minimum absolute atomic E-state index is 0.141. The van der Waals surface area contributed by atoms with E-state index in [9.17, 15) is 4.79 Å². The standard InChI is InChI=1S/C20H20ClN5O2/c1-28-11-10-25-16-6-5-15(21)12-14(16)13-17(25)20(27)22-8-7-19-24-23-18-4-2-3-9-26(18)19/h2-6,9,12-13H,7-8,10-11H2,1H3,(H,22,27). The molecule has 0 spiro atoms. The Hall–Kier alpha value is -2.90. The zero-order valence-corrected chi connectivity index (χ0v) is 16.2. The van der Waals surface area contributed by atoms with Crippen molar-refractivity contribution in [2.24, 2.45) is 0 Å². The Morgan fingerprint density at radius 3 is 2.96 bits per heavy atom. The molecule has 0 atom stereocenters. The van der Waals surface area contributed by atoms with Crippen LogP contribution in [0, 0.1) is 0 Å². The van der Waals surface area contributed by atoms with Gasteiger partial charge in [0.1, 0.15) is 11.5 Å². The number of aromatic nitrogens is 4. The molecular weight excluding hydrogens is 378 g/mol. The Labute approximate surface area is 166 Å². The van der Waals surface area contributed by atoms with Gasteiger partial charge in [-0.05, 0) is 36.4 Å². The van der Waals surface area contributed by atoms with Crippen molar-refractivity contribution >= 4 is 34.1 Å². The number of amides is 1. The molecule has 7 nitrogen and oxygen atoms in total. The lowest BCUT2D eigenvalue weighted by Gasteiger charge is -2.10. The Balaban J connectivity index is 1.51. The van der Waals surface area contributed by atoms with Crippen LogP contribution in [0.3, 0.4) is 0 Å². The molecule has 0 saturated heterocycles. The fraction of sp³-hybridized carbons (Fsp3) is 0.250. The number of benzene rings is 1. The summed E-state index contributed by atoms with van der Waals surface area (Å²) in [6.07, 6.45) is 2.50. The first kappa shape index (κ1) is 18.5. The fourth-order valence-electron chi connectivity index (χ4n) is 3.29. The van der Waals surface area contributed by atoms with Gasteiger partial charge in [-0.15, -0.1) is 10.2 Å². The van der Waals surface area contributed by atoms with E-state index in [1.807, 2.05) is 57.6 Å². The number of rotatable bonds is 7. The first-order valence-corrected chi connectivity index (χ1v) is 9.40. The van der Waals surface area contributed by atoms with Crippen molar-refractivity contribution < 1.29 is 9.53 Å². The topological polar surface area (TPSA) is 73.4 Å². The van der Waals surface area contributed by atoms with Crippen molar-refractivity contribution in [2.75, 3.05) is 20.3 Å². The number of halogens is 1. The third-order valence-electron chi connectivity index (χ3n) is 4.63. The van der Waals surface area contributed by atoms with E-state index in [0.717, 1.165) is 22.4 Å². The van der Waals surface area contributed by atoms with Crippen LogP contribution in [0.2, 0.25) is 5.02 Å². The minimum atomic E-state index is -0.141. The molecular formula is C20H20ClN5O2. The van der Waals surface area contributed by atoms with Crippen molar-refractivity contribution in [1.82, 2.24) is 24.5 Å². The highest BCUT2D eigenvalue weighted by molar-refractivity contribution is 6.31. The van der Waals surface area contributed by atoms with Crippen LogP contribution in [-0.2, 0) is 17.7 Å². The van der Waals surface area contributed by atoms with E-state index in [2.05, 4.69) is 15.5 Å². The number of pyridine rings is 1. The number of hydrogen-bond acceptors (Lipinski definition) is 4. The summed E-state index contributed by atoms with van der Waals surface area (Å²) in [4.78, 5) is 12.8. The van der Waals surface area contributed by atoms with Gasteiger partial charge in [-0.3, -0.25) is 9.20 Å². The highest BCUT2D eigenvalue weighted by Crippen LogP contribution is 2.23. The van der Waals surface area contributed by atoms with E-state index in [1.165, 1.54) is 0 Å². The number of hydrogen-bond donors (Lipinski definition) is 1. The van der Waals surface area contributed by atoms with Crippen molar-refractivity contribution in [3.63, 3.8) is 0 Å². The predicted molar refractivity (Wildman–Crippen MR) is 108 cm³/mol. The summed E-state index contributed by atoms with van der Waals surface area (Å²) in [6.45, 7) is 1.55. The van der Waals surface area contributed by atoms with Crippen LogP contribution < -0.4 is 5.32 Å². The zero-order valence-electron chi connectivity index (χ0n) is 15.4. The van der Waals surface area contributed by atoms with Crippen LogP contribution in [0.1, 0.15) is 16.3 Å². The van der Waals surface area contributed by atoms with E-state index in [4.69, 9.17) is 16.3 Å². The van der Waals surface area contributed by atoms with Crippen LogP contribution >= 0.6 is 11.6 Å². The molecule has 4 rings (SSSR count). The monoisotopic (exact) mass is 397 g/mol. The molecule has 8 heteroatoms. The van der Waals surface area contributed by atoms with Crippen molar-refractivity contribution in [1.29, 1.82) is 0 Å². The van der Waals surface area contributed by atoms with E-state index in [1.54, 1.807) is 7.11 Å². The van der Waals surface area contributed by atoms with E-state index in [0.29, 0.717) is 36.8 Å². The summed E-state index contributed by atoms with van der Waals surface area (Å²) in [7, 11) is 1.64. The third kappa shape index (κ3) is 3.58. The van der Waals surface area contributed by atoms with Crippen LogP contribution in [0.25, 0.3) is 16.6 Å². The second-order valence-corrected chi connectivity index (χ2v) is 6.86. The zero-order chi connectivity index (χ0) is 19.5. The maximum atomic E-state index is 12.8. The quantitative estimate of drug-likeness (QED) is 0.520. The molecule has 0 aliphatic carbocycles. The molecule has 0 unspecified atom stereocenters. The molecule has 0 aliphatic heterocycles. The molecule has 28 heavy (non-hydrogen) atoms. The van der Waals surface area contributed by atoms with Gasteiger partial charge in [0.05, 0.1) is 6.61 Å². The van der Waals surface area contributed by atoms with Gasteiger partial charge in [0, 0.05) is 48.7 Å². The second kappa shape index (κ2) is 8.00. The molecule has 1 N–H and O–H groups in total. The van der Waals surface area contributed by atoms with Crippen LogP contribution in [0.4, 0.5) is 0 Å². The third-order valence-corrected chi connectivity index (χ3v) is 4.87. The van der Waals surface area contributed by atoms with Gasteiger partial charge in [0.15, 0.2) is 5.65 Å². The lowest BCUT2D eigenvalue weighted by atomic mass is 10.2. The maximum absolute atomic E-state index is 12.8. The molecule has 1 aromatic carbocycles. The molecule has 0 saturated carbocycles. The number of fused-ring (bicyclic) bond motifs is 2. The Morgan fingerprint density at radius 1 is 1.21 bits per heavy atom. The van der Waals surface area contributed by atoms with Crippen LogP contribution in [-0.4, -0.2) is 45.3 Å². The highest BCUT2D eigenvalue weighted by atomic mass is 35.5. The van der Waals surface area contributed by atoms with Gasteiger partial charge in [-0.2, -0.15) is 0 Å². The summed E-state index contributed by atoms with van der Waals surface area (Å²) in [5, 5.41) is 12.9. The molecule has 0 bridgehead atoms. The summed E-state index contributed by atoms with van der Waals surface area (Å²) in [5.74, 6) is 0.667. The molecule has 1 amide bonds. The SMILES string of the molecule is COCCn1c(C(=O)NCCc2nnc3ccccn23)cc2cc(Cl)ccc21. The number of methoxy groups -OCH3 is 1. The minimum Gasteiger partial charge on any atom is -0.383 e. The number of nitrogens with zero attached hydrogens (tertiary/aromatic N) is 4. The number of carbonyl (C=O) groups is 1. The van der Waals surface area contributed by atoms with Crippen molar-refractivity contribution in [2.45, 2.75) is 13.0 Å². The van der Waals surface area contributed by atoms with Crippen LogP contribution in [0.15, 0.2) is 48.7 Å². The first-order valence-electron chi connectivity index (χ1n) is 9.02.